The van der Waals surface area contributed by atoms with Crippen molar-refractivity contribution in [3.05, 3.63) is 46.3 Å². The highest BCUT2D eigenvalue weighted by molar-refractivity contribution is 5.55. The zero-order valence-electron chi connectivity index (χ0n) is 6.96. The molecule has 0 amide bonds. The Morgan fingerprint density at radius 1 is 1.54 bits per heavy atom. The number of hydrogen-bond acceptors (Lipinski definition) is 2. The first-order valence-corrected chi connectivity index (χ1v) is 3.79. The smallest absolute Gasteiger partial charge is 0.0615 e. The van der Waals surface area contributed by atoms with Gasteiger partial charge in [0.2, 0.25) is 0 Å². The van der Waals surface area contributed by atoms with E-state index in [9.17, 15) is 0 Å². The van der Waals surface area contributed by atoms with Crippen molar-refractivity contribution in [3.8, 4) is 0 Å². The number of aliphatic hydroxyl groups excluding tert-OH is 1. The molecule has 13 heavy (non-hydrogen) atoms. The molecule has 1 N–H and O–H groups in total. The predicted molar refractivity (Wildman–Crippen MR) is 51.4 cm³/mol. The van der Waals surface area contributed by atoms with Crippen LogP contribution >= 0.6 is 0 Å². The van der Waals surface area contributed by atoms with Gasteiger partial charge in [-0.1, -0.05) is 35.5 Å². The summed E-state index contributed by atoms with van der Waals surface area (Å²) in [7, 11) is 0. The van der Waals surface area contributed by atoms with Crippen molar-refractivity contribution in [2.75, 3.05) is 6.61 Å². The van der Waals surface area contributed by atoms with Crippen LogP contribution in [0, 0.1) is 0 Å². The number of rotatable bonds is 3. The Balaban J connectivity index is 2.91. The highest BCUT2D eigenvalue weighted by Crippen LogP contribution is 2.14. The third kappa shape index (κ3) is 2.99. The summed E-state index contributed by atoms with van der Waals surface area (Å²) in [6, 6.07) is 7.12. The fourth-order valence-corrected chi connectivity index (χ4v) is 0.931. The molecule has 0 aliphatic heterocycles. The molecule has 1 aromatic carbocycles. The SMILES string of the molecule is [N-]=[N+]=Nc1cccc(C=CCO)c1. The minimum absolute atomic E-state index is 0.00570. The van der Waals surface area contributed by atoms with Crippen LogP contribution in [-0.2, 0) is 0 Å². The molecule has 1 rings (SSSR count). The quantitative estimate of drug-likeness (QED) is 0.428. The summed E-state index contributed by atoms with van der Waals surface area (Å²) >= 11 is 0. The maximum absolute atomic E-state index is 8.53. The van der Waals surface area contributed by atoms with Crippen LogP contribution in [-0.4, -0.2) is 11.7 Å². The second-order valence-corrected chi connectivity index (χ2v) is 2.37. The lowest BCUT2D eigenvalue weighted by Gasteiger charge is -1.93. The van der Waals surface area contributed by atoms with Gasteiger partial charge in [-0.2, -0.15) is 0 Å². The average Bonchev–Trinajstić information content (AvgIpc) is 2.16. The van der Waals surface area contributed by atoms with Crippen LogP contribution in [0.25, 0.3) is 16.5 Å². The molecule has 4 nitrogen and oxygen atoms in total. The van der Waals surface area contributed by atoms with Gasteiger partial charge >= 0.3 is 0 Å². The van der Waals surface area contributed by atoms with Gasteiger partial charge in [0, 0.05) is 10.6 Å². The Hall–Kier alpha value is -1.77. The fourth-order valence-electron chi connectivity index (χ4n) is 0.931. The molecule has 0 saturated carbocycles. The molecule has 0 heterocycles. The minimum Gasteiger partial charge on any atom is -0.392 e. The molecular formula is C9H9N3O. The summed E-state index contributed by atoms with van der Waals surface area (Å²) in [5.74, 6) is 0. The van der Waals surface area contributed by atoms with Crippen LogP contribution in [0.5, 0.6) is 0 Å². The van der Waals surface area contributed by atoms with Crippen molar-refractivity contribution < 1.29 is 5.11 Å². The van der Waals surface area contributed by atoms with Crippen LogP contribution in [0.4, 0.5) is 5.69 Å². The third-order valence-electron chi connectivity index (χ3n) is 1.45. The highest BCUT2D eigenvalue weighted by Gasteiger charge is 1.88. The Kier molecular flexibility index (Phi) is 3.57. The van der Waals surface area contributed by atoms with Gasteiger partial charge in [-0.3, -0.25) is 0 Å². The molecule has 0 aliphatic carbocycles. The van der Waals surface area contributed by atoms with Gasteiger partial charge in [-0.05, 0) is 17.2 Å². The van der Waals surface area contributed by atoms with Gasteiger partial charge in [-0.15, -0.1) is 0 Å². The van der Waals surface area contributed by atoms with E-state index in [0.29, 0.717) is 5.69 Å². The van der Waals surface area contributed by atoms with Crippen LogP contribution in [0.2, 0.25) is 0 Å². The lowest BCUT2D eigenvalue weighted by Crippen LogP contribution is -1.73. The van der Waals surface area contributed by atoms with Gasteiger partial charge in [0.25, 0.3) is 0 Å². The monoisotopic (exact) mass is 175 g/mol. The van der Waals surface area contributed by atoms with E-state index < -0.39 is 0 Å². The first kappa shape index (κ1) is 9.32. The summed E-state index contributed by atoms with van der Waals surface area (Å²) < 4.78 is 0. The normalized spacial score (nSPS) is 9.92. The van der Waals surface area contributed by atoms with Crippen molar-refractivity contribution >= 4 is 11.8 Å². The molecule has 4 heteroatoms. The molecule has 0 aliphatic rings. The third-order valence-corrected chi connectivity index (χ3v) is 1.45. The maximum atomic E-state index is 8.53. The number of hydrogen-bond donors (Lipinski definition) is 1. The number of nitrogens with zero attached hydrogens (tertiary/aromatic N) is 3. The number of azide groups is 1. The molecular weight excluding hydrogens is 166 g/mol. The van der Waals surface area contributed by atoms with E-state index in [2.05, 4.69) is 10.0 Å². The molecule has 0 aromatic heterocycles. The lowest BCUT2D eigenvalue weighted by atomic mass is 10.2. The van der Waals surface area contributed by atoms with Gasteiger partial charge in [0.1, 0.15) is 0 Å². The van der Waals surface area contributed by atoms with E-state index in [0.717, 1.165) is 5.56 Å². The summed E-state index contributed by atoms with van der Waals surface area (Å²) in [6.45, 7) is 0.00570. The molecule has 0 radical (unpaired) electrons. The zero-order valence-corrected chi connectivity index (χ0v) is 6.96. The topological polar surface area (TPSA) is 69.0 Å². The Labute approximate surface area is 75.8 Å². The summed E-state index contributed by atoms with van der Waals surface area (Å²) in [5, 5.41) is 12.0. The van der Waals surface area contributed by atoms with Crippen molar-refractivity contribution in [2.45, 2.75) is 0 Å². The van der Waals surface area contributed by atoms with E-state index in [1.54, 1.807) is 30.4 Å². The first-order chi connectivity index (χ1) is 6.36. The zero-order chi connectivity index (χ0) is 9.52. The largest absolute Gasteiger partial charge is 0.392 e. The van der Waals surface area contributed by atoms with Crippen LogP contribution in [0.1, 0.15) is 5.56 Å². The Morgan fingerprint density at radius 3 is 3.08 bits per heavy atom. The van der Waals surface area contributed by atoms with Crippen LogP contribution in [0.15, 0.2) is 35.5 Å². The van der Waals surface area contributed by atoms with Crippen LogP contribution < -0.4 is 0 Å². The van der Waals surface area contributed by atoms with Crippen molar-refractivity contribution in [1.82, 2.24) is 0 Å². The minimum atomic E-state index is 0.00570. The second kappa shape index (κ2) is 4.98. The molecule has 0 atom stereocenters. The molecule has 0 bridgehead atoms. The molecule has 1 aromatic rings. The van der Waals surface area contributed by atoms with E-state index in [1.807, 2.05) is 6.07 Å². The predicted octanol–water partition coefficient (Wildman–Crippen LogP) is 2.63. The molecule has 0 unspecified atom stereocenters. The van der Waals surface area contributed by atoms with Gasteiger partial charge in [0.05, 0.1) is 6.61 Å². The van der Waals surface area contributed by atoms with Crippen molar-refractivity contribution in [2.24, 2.45) is 5.11 Å². The van der Waals surface area contributed by atoms with Crippen molar-refractivity contribution in [3.63, 3.8) is 0 Å². The number of aliphatic hydroxyl groups is 1. The summed E-state index contributed by atoms with van der Waals surface area (Å²) in [5.41, 5.74) is 9.66. The van der Waals surface area contributed by atoms with Crippen LogP contribution in [0.3, 0.4) is 0 Å². The molecule has 66 valence electrons. The average molecular weight is 175 g/mol. The number of benzene rings is 1. The first-order valence-electron chi connectivity index (χ1n) is 3.79. The standard InChI is InChI=1S/C9H9N3O/c10-12-11-9-5-1-3-8(7-9)4-2-6-13/h1-5,7,13H,6H2. The van der Waals surface area contributed by atoms with Gasteiger partial charge in [-0.25, -0.2) is 0 Å². The highest BCUT2D eigenvalue weighted by atomic mass is 16.2. The molecule has 0 fully saturated rings. The summed E-state index contributed by atoms with van der Waals surface area (Å²) in [4.78, 5) is 2.68. The second-order valence-electron chi connectivity index (χ2n) is 2.37. The molecule has 0 saturated heterocycles. The van der Waals surface area contributed by atoms with E-state index in [4.69, 9.17) is 10.6 Å². The van der Waals surface area contributed by atoms with Gasteiger partial charge < -0.3 is 5.11 Å². The van der Waals surface area contributed by atoms with E-state index in [1.165, 1.54) is 0 Å². The van der Waals surface area contributed by atoms with E-state index in [-0.39, 0.29) is 6.61 Å². The summed E-state index contributed by atoms with van der Waals surface area (Å²) in [6.07, 6.45) is 3.38. The maximum Gasteiger partial charge on any atom is 0.0615 e. The van der Waals surface area contributed by atoms with E-state index >= 15 is 0 Å². The Morgan fingerprint density at radius 2 is 2.38 bits per heavy atom. The fraction of sp³-hybridized carbons (Fsp3) is 0.111. The molecule has 0 spiro atoms. The lowest BCUT2D eigenvalue weighted by molar-refractivity contribution is 0.343. The van der Waals surface area contributed by atoms with Gasteiger partial charge in [0.15, 0.2) is 0 Å². The van der Waals surface area contributed by atoms with Crippen molar-refractivity contribution in [1.29, 1.82) is 0 Å². The Bertz CT molecular complexity index is 354.